The van der Waals surface area contributed by atoms with Gasteiger partial charge in [-0.2, -0.15) is 0 Å². The largest absolute Gasteiger partial charge is 0.478 e. The summed E-state index contributed by atoms with van der Waals surface area (Å²) in [5.74, 6) is -1.02. The van der Waals surface area contributed by atoms with Gasteiger partial charge in [-0.15, -0.1) is 0 Å². The van der Waals surface area contributed by atoms with Gasteiger partial charge in [0.2, 0.25) is 0 Å². The van der Waals surface area contributed by atoms with Crippen LogP contribution in [0.1, 0.15) is 15.9 Å². The third-order valence-corrected chi connectivity index (χ3v) is 2.79. The summed E-state index contributed by atoms with van der Waals surface area (Å²) in [4.78, 5) is 15.0. The van der Waals surface area contributed by atoms with Gasteiger partial charge in [-0.25, -0.2) is 4.79 Å². The van der Waals surface area contributed by atoms with Crippen LogP contribution >= 0.6 is 0 Å². The zero-order valence-electron chi connectivity index (χ0n) is 10.3. The van der Waals surface area contributed by atoms with Crippen molar-refractivity contribution >= 4 is 17.3 Å². The molecule has 0 spiro atoms. The van der Waals surface area contributed by atoms with Crippen molar-refractivity contribution in [1.29, 1.82) is 0 Å². The highest BCUT2D eigenvalue weighted by molar-refractivity contribution is 5.97. The number of nitrogens with two attached hydrogens (primary N) is 1. The molecule has 4 N–H and O–H groups in total. The molecule has 0 atom stereocenters. The van der Waals surface area contributed by atoms with E-state index in [4.69, 9.17) is 10.8 Å². The van der Waals surface area contributed by atoms with Crippen LogP contribution in [0.5, 0.6) is 0 Å². The summed E-state index contributed by atoms with van der Waals surface area (Å²) in [5.41, 5.74) is 7.95. The molecule has 5 heteroatoms. The monoisotopic (exact) mass is 257 g/mol. The summed E-state index contributed by atoms with van der Waals surface area (Å²) in [6, 6.07) is 8.81. The van der Waals surface area contributed by atoms with E-state index in [1.165, 1.54) is 6.07 Å². The third-order valence-electron chi connectivity index (χ3n) is 2.79. The van der Waals surface area contributed by atoms with E-state index in [0.29, 0.717) is 12.2 Å². The lowest BCUT2D eigenvalue weighted by atomic mass is 10.1. The molecule has 19 heavy (non-hydrogen) atoms. The van der Waals surface area contributed by atoms with Crippen LogP contribution in [0.2, 0.25) is 0 Å². The van der Waals surface area contributed by atoms with Gasteiger partial charge in [0, 0.05) is 18.9 Å². The molecule has 0 aliphatic rings. The zero-order valence-corrected chi connectivity index (χ0v) is 10.3. The number of nitrogens with zero attached hydrogens (tertiary/aromatic N) is 1. The fraction of sp³-hybridized carbons (Fsp3) is 0.143. The van der Waals surface area contributed by atoms with Crippen molar-refractivity contribution in [1.82, 2.24) is 4.98 Å². The predicted molar refractivity (Wildman–Crippen MR) is 74.2 cm³/mol. The molecule has 1 aromatic carbocycles. The molecular weight excluding hydrogens is 242 g/mol. The number of para-hydroxylation sites is 1. The lowest BCUT2D eigenvalue weighted by Gasteiger charge is -2.11. The Morgan fingerprint density at radius 2 is 2.16 bits per heavy atom. The number of nitrogen functional groups attached to an aromatic ring is 1. The number of anilines is 2. The Bertz CT molecular complexity index is 570. The van der Waals surface area contributed by atoms with Crippen molar-refractivity contribution in [3.8, 4) is 0 Å². The van der Waals surface area contributed by atoms with Gasteiger partial charge in [0.15, 0.2) is 0 Å². The highest BCUT2D eigenvalue weighted by atomic mass is 16.4. The van der Waals surface area contributed by atoms with Gasteiger partial charge >= 0.3 is 5.97 Å². The fourth-order valence-corrected chi connectivity index (χ4v) is 1.79. The van der Waals surface area contributed by atoms with Crippen molar-refractivity contribution < 1.29 is 9.90 Å². The summed E-state index contributed by atoms with van der Waals surface area (Å²) >= 11 is 0. The molecule has 2 aromatic rings. The van der Waals surface area contributed by atoms with Crippen LogP contribution in [-0.4, -0.2) is 22.6 Å². The molecule has 0 unspecified atom stereocenters. The molecule has 1 heterocycles. The van der Waals surface area contributed by atoms with Crippen LogP contribution in [0.25, 0.3) is 0 Å². The van der Waals surface area contributed by atoms with Gasteiger partial charge in [0.05, 0.1) is 16.9 Å². The van der Waals surface area contributed by atoms with Gasteiger partial charge in [-0.05, 0) is 30.2 Å². The molecule has 0 saturated heterocycles. The minimum Gasteiger partial charge on any atom is -0.478 e. The van der Waals surface area contributed by atoms with Gasteiger partial charge in [-0.3, -0.25) is 4.98 Å². The maximum Gasteiger partial charge on any atom is 0.337 e. The van der Waals surface area contributed by atoms with Crippen LogP contribution in [0.3, 0.4) is 0 Å². The predicted octanol–water partition coefficient (Wildman–Crippen LogP) is 2.02. The van der Waals surface area contributed by atoms with E-state index >= 15 is 0 Å². The fourth-order valence-electron chi connectivity index (χ4n) is 1.79. The minimum absolute atomic E-state index is 0.117. The lowest BCUT2D eigenvalue weighted by molar-refractivity contribution is 0.0698. The Kier molecular flexibility index (Phi) is 3.97. The Morgan fingerprint density at radius 3 is 2.84 bits per heavy atom. The Hall–Kier alpha value is -2.56. The number of benzene rings is 1. The van der Waals surface area contributed by atoms with Crippen LogP contribution in [-0.2, 0) is 6.42 Å². The average molecular weight is 257 g/mol. The molecule has 0 amide bonds. The summed E-state index contributed by atoms with van der Waals surface area (Å²) in [5, 5.41) is 12.1. The Labute approximate surface area is 111 Å². The summed E-state index contributed by atoms with van der Waals surface area (Å²) in [6.07, 6.45) is 4.33. The molecule has 5 nitrogen and oxygen atoms in total. The standard InChI is InChI=1S/C14H15N3O2/c15-13-11(14(18)19)4-1-5-12(13)17-8-6-10-3-2-7-16-9-10/h1-5,7,9,17H,6,8,15H2,(H,18,19). The maximum atomic E-state index is 11.0. The van der Waals surface area contributed by atoms with E-state index in [0.717, 1.165) is 12.0 Å². The summed E-state index contributed by atoms with van der Waals surface area (Å²) < 4.78 is 0. The zero-order chi connectivity index (χ0) is 13.7. The summed E-state index contributed by atoms with van der Waals surface area (Å²) in [7, 11) is 0. The molecule has 0 aliphatic heterocycles. The van der Waals surface area contributed by atoms with E-state index in [-0.39, 0.29) is 11.3 Å². The Balaban J connectivity index is 2.00. The molecule has 0 saturated carbocycles. The SMILES string of the molecule is Nc1c(NCCc2cccnc2)cccc1C(=O)O. The molecule has 98 valence electrons. The van der Waals surface area contributed by atoms with Crippen molar-refractivity contribution in [2.45, 2.75) is 6.42 Å². The number of carboxylic acid groups (broad SMARTS) is 1. The lowest BCUT2D eigenvalue weighted by Crippen LogP contribution is -2.10. The van der Waals surface area contributed by atoms with Crippen molar-refractivity contribution in [3.63, 3.8) is 0 Å². The number of rotatable bonds is 5. The van der Waals surface area contributed by atoms with E-state index in [9.17, 15) is 4.79 Å². The topological polar surface area (TPSA) is 88.2 Å². The molecular formula is C14H15N3O2. The molecule has 0 radical (unpaired) electrons. The second kappa shape index (κ2) is 5.86. The molecule has 2 rings (SSSR count). The molecule has 0 bridgehead atoms. The highest BCUT2D eigenvalue weighted by Crippen LogP contribution is 2.22. The smallest absolute Gasteiger partial charge is 0.337 e. The number of aromatic nitrogens is 1. The van der Waals surface area contributed by atoms with Crippen molar-refractivity contribution in [2.75, 3.05) is 17.6 Å². The average Bonchev–Trinajstić information content (AvgIpc) is 2.41. The van der Waals surface area contributed by atoms with Gasteiger partial charge in [0.1, 0.15) is 0 Å². The van der Waals surface area contributed by atoms with E-state index in [2.05, 4.69) is 10.3 Å². The van der Waals surface area contributed by atoms with Gasteiger partial charge < -0.3 is 16.2 Å². The Morgan fingerprint density at radius 1 is 1.32 bits per heavy atom. The number of pyridine rings is 1. The van der Waals surface area contributed by atoms with Gasteiger partial charge in [-0.1, -0.05) is 12.1 Å². The highest BCUT2D eigenvalue weighted by Gasteiger charge is 2.10. The van der Waals surface area contributed by atoms with E-state index in [1.807, 2.05) is 12.1 Å². The van der Waals surface area contributed by atoms with E-state index in [1.54, 1.807) is 24.5 Å². The van der Waals surface area contributed by atoms with Gasteiger partial charge in [0.25, 0.3) is 0 Å². The van der Waals surface area contributed by atoms with Crippen molar-refractivity contribution in [2.24, 2.45) is 0 Å². The maximum absolute atomic E-state index is 11.0. The third kappa shape index (κ3) is 3.22. The van der Waals surface area contributed by atoms with Crippen LogP contribution in [0, 0.1) is 0 Å². The number of carbonyl (C=O) groups is 1. The van der Waals surface area contributed by atoms with Crippen LogP contribution in [0.15, 0.2) is 42.7 Å². The summed E-state index contributed by atoms with van der Waals surface area (Å²) in [6.45, 7) is 0.666. The normalized spacial score (nSPS) is 10.1. The van der Waals surface area contributed by atoms with Crippen LogP contribution < -0.4 is 11.1 Å². The number of nitrogens with one attached hydrogen (secondary N) is 1. The minimum atomic E-state index is -1.02. The number of carboxylic acids is 1. The number of aromatic carboxylic acids is 1. The van der Waals surface area contributed by atoms with Crippen LogP contribution in [0.4, 0.5) is 11.4 Å². The van der Waals surface area contributed by atoms with Crippen molar-refractivity contribution in [3.05, 3.63) is 53.9 Å². The van der Waals surface area contributed by atoms with E-state index < -0.39 is 5.97 Å². The first-order valence-electron chi connectivity index (χ1n) is 5.93. The first-order valence-corrected chi connectivity index (χ1v) is 5.93. The first-order chi connectivity index (χ1) is 9.18. The number of hydrogen-bond acceptors (Lipinski definition) is 4. The molecule has 1 aromatic heterocycles. The quantitative estimate of drug-likeness (QED) is 0.713. The second-order valence-corrected chi connectivity index (χ2v) is 4.11. The number of hydrogen-bond donors (Lipinski definition) is 3. The first kappa shape index (κ1) is 12.9. The second-order valence-electron chi connectivity index (χ2n) is 4.11. The molecule has 0 aliphatic carbocycles. The molecule has 0 fully saturated rings.